The van der Waals surface area contributed by atoms with Gasteiger partial charge in [-0.2, -0.15) is 0 Å². The van der Waals surface area contributed by atoms with E-state index >= 15 is 0 Å². The molecule has 2 nitrogen and oxygen atoms in total. The molecule has 0 aliphatic carbocycles. The largest absolute Gasteiger partial charge is 0.393 e. The van der Waals surface area contributed by atoms with Gasteiger partial charge in [-0.15, -0.1) is 6.58 Å². The van der Waals surface area contributed by atoms with Crippen LogP contribution in [0.5, 0.6) is 0 Å². The monoisotopic (exact) mass is 100 g/mol. The van der Waals surface area contributed by atoms with Crippen molar-refractivity contribution in [2.45, 2.75) is 5.60 Å². The molecule has 1 rings (SSSR count). The van der Waals surface area contributed by atoms with E-state index < -0.39 is 0 Å². The molecule has 0 bridgehead atoms. The fourth-order valence-electron chi connectivity index (χ4n) is 0.366. The van der Waals surface area contributed by atoms with Crippen LogP contribution in [0.15, 0.2) is 12.7 Å². The first-order valence-electron chi connectivity index (χ1n) is 2.21. The highest BCUT2D eigenvalue weighted by Gasteiger charge is 2.40. The van der Waals surface area contributed by atoms with Crippen molar-refractivity contribution in [2.24, 2.45) is 0 Å². The van der Waals surface area contributed by atoms with Crippen molar-refractivity contribution in [2.75, 3.05) is 13.2 Å². The van der Waals surface area contributed by atoms with E-state index in [-0.39, 0.29) is 12.2 Å². The van der Waals surface area contributed by atoms with E-state index in [1.807, 2.05) is 0 Å². The van der Waals surface area contributed by atoms with Crippen LogP contribution in [0.25, 0.3) is 0 Å². The Labute approximate surface area is 42.4 Å². The second-order valence-electron chi connectivity index (χ2n) is 1.72. The van der Waals surface area contributed by atoms with Crippen LogP contribution in [0.4, 0.5) is 0 Å². The van der Waals surface area contributed by atoms with Gasteiger partial charge in [-0.25, -0.2) is 0 Å². The molecule has 1 aliphatic rings. The lowest BCUT2D eigenvalue weighted by Gasteiger charge is -1.94. The van der Waals surface area contributed by atoms with Crippen molar-refractivity contribution in [3.63, 3.8) is 0 Å². The van der Waals surface area contributed by atoms with Gasteiger partial charge in [-0.05, 0) is 0 Å². The Morgan fingerprint density at radius 3 is 2.57 bits per heavy atom. The zero-order valence-electron chi connectivity index (χ0n) is 4.05. The molecule has 1 N–H and O–H groups in total. The Morgan fingerprint density at radius 1 is 2.00 bits per heavy atom. The van der Waals surface area contributed by atoms with Crippen LogP contribution >= 0.6 is 0 Å². The first kappa shape index (κ1) is 4.81. The molecule has 0 aromatic heterocycles. The molecule has 1 unspecified atom stereocenters. The Hall–Kier alpha value is -0.340. The predicted octanol–water partition coefficient (Wildman–Crippen LogP) is -0.0663. The average molecular weight is 100 g/mol. The van der Waals surface area contributed by atoms with E-state index in [9.17, 15) is 0 Å². The maximum atomic E-state index is 8.46. The third kappa shape index (κ3) is 0.667. The smallest absolute Gasteiger partial charge is 0.132 e. The van der Waals surface area contributed by atoms with Gasteiger partial charge in [0.1, 0.15) is 5.60 Å². The summed E-state index contributed by atoms with van der Waals surface area (Å²) in [6, 6.07) is 0. The highest BCUT2D eigenvalue weighted by Crippen LogP contribution is 2.26. The Balaban J connectivity index is 2.42. The SMILES string of the molecule is C=CC1(CO)CO1. The van der Waals surface area contributed by atoms with Crippen LogP contribution in [0.1, 0.15) is 0 Å². The van der Waals surface area contributed by atoms with Gasteiger partial charge in [0.05, 0.1) is 13.2 Å². The van der Waals surface area contributed by atoms with Crippen molar-refractivity contribution in [1.29, 1.82) is 0 Å². The van der Waals surface area contributed by atoms with Gasteiger partial charge >= 0.3 is 0 Å². The van der Waals surface area contributed by atoms with E-state index in [4.69, 9.17) is 9.84 Å². The standard InChI is InChI=1S/C5H8O2/c1-2-5(3-6)4-7-5/h2,6H,1,3-4H2. The van der Waals surface area contributed by atoms with Gasteiger partial charge in [0.25, 0.3) is 0 Å². The van der Waals surface area contributed by atoms with E-state index in [1.165, 1.54) is 0 Å². The number of aliphatic hydroxyl groups excluding tert-OH is 1. The molecule has 1 aliphatic heterocycles. The molecule has 0 spiro atoms. The lowest BCUT2D eigenvalue weighted by Crippen LogP contribution is -2.11. The third-order valence-electron chi connectivity index (χ3n) is 1.15. The van der Waals surface area contributed by atoms with Gasteiger partial charge < -0.3 is 9.84 Å². The maximum absolute atomic E-state index is 8.46. The normalized spacial score (nSPS) is 37.9. The molecule has 0 aromatic rings. The van der Waals surface area contributed by atoms with Crippen LogP contribution in [-0.4, -0.2) is 23.9 Å². The Morgan fingerprint density at radius 2 is 2.57 bits per heavy atom. The van der Waals surface area contributed by atoms with Crippen LogP contribution in [0.2, 0.25) is 0 Å². The summed E-state index contributed by atoms with van der Waals surface area (Å²) in [4.78, 5) is 0. The lowest BCUT2D eigenvalue weighted by atomic mass is 10.2. The summed E-state index contributed by atoms with van der Waals surface area (Å²) in [7, 11) is 0. The Bertz CT molecular complexity index is 84.1. The van der Waals surface area contributed by atoms with Gasteiger partial charge in [0.15, 0.2) is 0 Å². The van der Waals surface area contributed by atoms with Crippen LogP contribution in [0.3, 0.4) is 0 Å². The van der Waals surface area contributed by atoms with Crippen molar-refractivity contribution >= 4 is 0 Å². The molecular formula is C5H8O2. The zero-order chi connectivity index (χ0) is 5.33. The molecule has 0 aromatic carbocycles. The summed E-state index contributed by atoms with van der Waals surface area (Å²) in [5, 5.41) is 8.46. The van der Waals surface area contributed by atoms with Crippen LogP contribution in [-0.2, 0) is 4.74 Å². The summed E-state index contributed by atoms with van der Waals surface area (Å²) >= 11 is 0. The minimum Gasteiger partial charge on any atom is -0.393 e. The molecule has 7 heavy (non-hydrogen) atoms. The summed E-state index contributed by atoms with van der Waals surface area (Å²) in [6.45, 7) is 4.18. The summed E-state index contributed by atoms with van der Waals surface area (Å²) in [5.41, 5.74) is -0.347. The molecule has 0 amide bonds. The highest BCUT2D eigenvalue weighted by molar-refractivity contribution is 5.06. The van der Waals surface area contributed by atoms with E-state index in [0.717, 1.165) is 0 Å². The van der Waals surface area contributed by atoms with Crippen LogP contribution < -0.4 is 0 Å². The van der Waals surface area contributed by atoms with Gasteiger partial charge in [0.2, 0.25) is 0 Å². The lowest BCUT2D eigenvalue weighted by molar-refractivity contribution is 0.203. The van der Waals surface area contributed by atoms with E-state index in [1.54, 1.807) is 6.08 Å². The number of epoxide rings is 1. The quantitative estimate of drug-likeness (QED) is 0.389. The number of aliphatic hydroxyl groups is 1. The fraction of sp³-hybridized carbons (Fsp3) is 0.600. The number of hydrogen-bond acceptors (Lipinski definition) is 2. The van der Waals surface area contributed by atoms with Gasteiger partial charge in [-0.3, -0.25) is 0 Å². The fourth-order valence-corrected chi connectivity index (χ4v) is 0.366. The molecule has 1 saturated heterocycles. The summed E-state index contributed by atoms with van der Waals surface area (Å²) in [5.74, 6) is 0. The molecule has 0 saturated carbocycles. The van der Waals surface area contributed by atoms with Crippen molar-refractivity contribution in [1.82, 2.24) is 0 Å². The first-order chi connectivity index (χ1) is 3.33. The second-order valence-corrected chi connectivity index (χ2v) is 1.72. The van der Waals surface area contributed by atoms with Crippen molar-refractivity contribution in [3.8, 4) is 0 Å². The zero-order valence-corrected chi connectivity index (χ0v) is 4.05. The molecule has 40 valence electrons. The topological polar surface area (TPSA) is 32.8 Å². The van der Waals surface area contributed by atoms with E-state index in [2.05, 4.69) is 6.58 Å². The Kier molecular flexibility index (Phi) is 0.905. The molecule has 0 radical (unpaired) electrons. The maximum Gasteiger partial charge on any atom is 0.132 e. The molecule has 1 atom stereocenters. The molecule has 1 heterocycles. The molecule has 2 heteroatoms. The number of hydrogen-bond donors (Lipinski definition) is 1. The molecule has 1 fully saturated rings. The van der Waals surface area contributed by atoms with Crippen molar-refractivity contribution in [3.05, 3.63) is 12.7 Å². The van der Waals surface area contributed by atoms with Crippen LogP contribution in [0, 0.1) is 0 Å². The predicted molar refractivity (Wildman–Crippen MR) is 26.0 cm³/mol. The summed E-state index contributed by atoms with van der Waals surface area (Å²) < 4.78 is 4.83. The second kappa shape index (κ2) is 1.32. The van der Waals surface area contributed by atoms with Crippen molar-refractivity contribution < 1.29 is 9.84 Å². The number of rotatable bonds is 2. The average Bonchev–Trinajstić information content (AvgIpc) is 2.46. The minimum absolute atomic E-state index is 0.0660. The number of ether oxygens (including phenoxy) is 1. The minimum atomic E-state index is -0.347. The van der Waals surface area contributed by atoms with Gasteiger partial charge in [0, 0.05) is 0 Å². The highest BCUT2D eigenvalue weighted by atomic mass is 16.6. The van der Waals surface area contributed by atoms with Gasteiger partial charge in [-0.1, -0.05) is 6.08 Å². The van der Waals surface area contributed by atoms with E-state index in [0.29, 0.717) is 6.61 Å². The molecular weight excluding hydrogens is 92.1 g/mol. The third-order valence-corrected chi connectivity index (χ3v) is 1.15. The summed E-state index contributed by atoms with van der Waals surface area (Å²) in [6.07, 6.45) is 1.63. The first-order valence-corrected chi connectivity index (χ1v) is 2.21.